The normalized spacial score (nSPS) is 25.8. The fourth-order valence-corrected chi connectivity index (χ4v) is 4.41. The molecule has 3 rings (SSSR count). The lowest BCUT2D eigenvalue weighted by atomic mass is 10.1. The summed E-state index contributed by atoms with van der Waals surface area (Å²) >= 11 is 5.46. The molecule has 1 saturated carbocycles. The largest absolute Gasteiger partial charge is 0.313 e. The quantitative estimate of drug-likeness (QED) is 0.884. The molecule has 2 nitrogen and oxygen atoms in total. The van der Waals surface area contributed by atoms with E-state index in [9.17, 15) is 0 Å². The first kappa shape index (κ1) is 13.1. The minimum Gasteiger partial charge on any atom is -0.313 e. The molecule has 2 unspecified atom stereocenters. The highest BCUT2D eigenvalue weighted by atomic mass is 79.9. The fraction of sp³-hybridized carbons (Fsp3) is 0.714. The summed E-state index contributed by atoms with van der Waals surface area (Å²) in [6.07, 6.45) is 5.49. The van der Waals surface area contributed by atoms with Crippen LogP contribution in [-0.2, 0) is 0 Å². The first-order valence-corrected chi connectivity index (χ1v) is 8.59. The lowest BCUT2D eigenvalue weighted by Crippen LogP contribution is -2.40. The maximum absolute atomic E-state index is 3.63. The van der Waals surface area contributed by atoms with Crippen LogP contribution in [0.3, 0.4) is 0 Å². The number of rotatable bonds is 5. The summed E-state index contributed by atoms with van der Waals surface area (Å²) in [5.74, 6) is 0. The van der Waals surface area contributed by atoms with Crippen LogP contribution in [0.2, 0.25) is 0 Å². The monoisotopic (exact) mass is 328 g/mol. The van der Waals surface area contributed by atoms with E-state index in [0.717, 1.165) is 12.1 Å². The van der Waals surface area contributed by atoms with Crippen LogP contribution < -0.4 is 5.32 Å². The van der Waals surface area contributed by atoms with Crippen molar-refractivity contribution >= 4 is 27.3 Å². The lowest BCUT2D eigenvalue weighted by molar-refractivity contribution is 0.184. The molecule has 2 aliphatic rings. The maximum Gasteiger partial charge on any atom is 0.0701 e. The number of hydrogen-bond donors (Lipinski definition) is 1. The molecule has 0 aromatic carbocycles. The Hall–Kier alpha value is 0.1000. The third-order valence-corrected chi connectivity index (χ3v) is 5.91. The maximum atomic E-state index is 3.63. The van der Waals surface area contributed by atoms with Crippen molar-refractivity contribution < 1.29 is 0 Å². The summed E-state index contributed by atoms with van der Waals surface area (Å²) in [6, 6.07) is 6.57. The second-order valence-electron chi connectivity index (χ2n) is 5.54. The van der Waals surface area contributed by atoms with E-state index in [1.54, 1.807) is 0 Å². The molecule has 18 heavy (non-hydrogen) atoms. The predicted molar refractivity (Wildman–Crippen MR) is 81.2 cm³/mol. The van der Waals surface area contributed by atoms with Crippen LogP contribution in [0.25, 0.3) is 0 Å². The van der Waals surface area contributed by atoms with Crippen LogP contribution in [0.5, 0.6) is 0 Å². The van der Waals surface area contributed by atoms with Crippen molar-refractivity contribution in [3.8, 4) is 0 Å². The van der Waals surface area contributed by atoms with Gasteiger partial charge in [0.25, 0.3) is 0 Å². The van der Waals surface area contributed by atoms with E-state index in [1.165, 1.54) is 47.4 Å². The average Bonchev–Trinajstić information content (AvgIpc) is 2.88. The summed E-state index contributed by atoms with van der Waals surface area (Å²) in [6.45, 7) is 4.80. The third-order valence-electron chi connectivity index (χ3n) is 4.11. The molecule has 0 bridgehead atoms. The van der Waals surface area contributed by atoms with Crippen LogP contribution in [0, 0.1) is 0 Å². The van der Waals surface area contributed by atoms with Crippen molar-refractivity contribution in [3.05, 3.63) is 20.8 Å². The smallest absolute Gasteiger partial charge is 0.0701 e. The van der Waals surface area contributed by atoms with Crippen molar-refractivity contribution in [2.45, 2.75) is 50.7 Å². The Kier molecular flexibility index (Phi) is 4.09. The van der Waals surface area contributed by atoms with Gasteiger partial charge in [-0.1, -0.05) is 0 Å². The highest BCUT2D eigenvalue weighted by molar-refractivity contribution is 9.11. The zero-order valence-corrected chi connectivity index (χ0v) is 13.3. The molecular weight excluding hydrogens is 308 g/mol. The SMILES string of the molecule is CC(c1ccc(Br)s1)N(CC1CCCN1)C1CC1. The molecule has 4 heteroatoms. The van der Waals surface area contributed by atoms with Gasteiger partial charge in [0.15, 0.2) is 0 Å². The Bertz CT molecular complexity index is 396. The summed E-state index contributed by atoms with van der Waals surface area (Å²) < 4.78 is 1.25. The first-order valence-electron chi connectivity index (χ1n) is 6.98. The molecule has 2 atom stereocenters. The Labute approximate surface area is 122 Å². The van der Waals surface area contributed by atoms with Gasteiger partial charge < -0.3 is 5.32 Å². The van der Waals surface area contributed by atoms with Crippen molar-refractivity contribution in [1.82, 2.24) is 10.2 Å². The highest BCUT2D eigenvalue weighted by Crippen LogP contribution is 2.37. The van der Waals surface area contributed by atoms with Gasteiger partial charge in [0.05, 0.1) is 3.79 Å². The zero-order valence-electron chi connectivity index (χ0n) is 10.9. The topological polar surface area (TPSA) is 15.3 Å². The average molecular weight is 329 g/mol. The van der Waals surface area contributed by atoms with Crippen LogP contribution in [-0.4, -0.2) is 30.1 Å². The van der Waals surface area contributed by atoms with Gasteiger partial charge in [-0.2, -0.15) is 0 Å². The van der Waals surface area contributed by atoms with Crippen molar-refractivity contribution in [2.75, 3.05) is 13.1 Å². The van der Waals surface area contributed by atoms with Gasteiger partial charge in [0.1, 0.15) is 0 Å². The number of hydrogen-bond acceptors (Lipinski definition) is 3. The van der Waals surface area contributed by atoms with Crippen LogP contribution >= 0.6 is 27.3 Å². The summed E-state index contributed by atoms with van der Waals surface area (Å²) in [5.41, 5.74) is 0. The molecule has 2 fully saturated rings. The molecule has 1 aliphatic heterocycles. The Morgan fingerprint density at radius 2 is 2.28 bits per heavy atom. The Morgan fingerprint density at radius 3 is 2.83 bits per heavy atom. The van der Waals surface area contributed by atoms with Gasteiger partial charge >= 0.3 is 0 Å². The lowest BCUT2D eigenvalue weighted by Gasteiger charge is -2.31. The van der Waals surface area contributed by atoms with E-state index < -0.39 is 0 Å². The Balaban J connectivity index is 1.68. The summed E-state index contributed by atoms with van der Waals surface area (Å²) in [7, 11) is 0. The van der Waals surface area contributed by atoms with E-state index in [-0.39, 0.29) is 0 Å². The van der Waals surface area contributed by atoms with E-state index >= 15 is 0 Å². The van der Waals surface area contributed by atoms with Gasteiger partial charge in [0, 0.05) is 29.5 Å². The molecule has 0 spiro atoms. The molecule has 1 aromatic rings. The molecule has 0 radical (unpaired) electrons. The predicted octanol–water partition coefficient (Wildman–Crippen LogP) is 3.79. The van der Waals surface area contributed by atoms with Gasteiger partial charge in [-0.05, 0) is 67.2 Å². The zero-order chi connectivity index (χ0) is 12.5. The van der Waals surface area contributed by atoms with Gasteiger partial charge in [-0.15, -0.1) is 11.3 Å². The molecule has 1 aromatic heterocycles. The third kappa shape index (κ3) is 2.98. The highest BCUT2D eigenvalue weighted by Gasteiger charge is 2.35. The number of nitrogens with one attached hydrogen (secondary N) is 1. The molecule has 1 aliphatic carbocycles. The Morgan fingerprint density at radius 1 is 1.44 bits per heavy atom. The van der Waals surface area contributed by atoms with Gasteiger partial charge in [0.2, 0.25) is 0 Å². The molecular formula is C14H21BrN2S. The number of thiophene rings is 1. The molecule has 2 heterocycles. The minimum atomic E-state index is 0.566. The first-order chi connectivity index (χ1) is 8.74. The number of nitrogens with zero attached hydrogens (tertiary/aromatic N) is 1. The van der Waals surface area contributed by atoms with Crippen LogP contribution in [0.15, 0.2) is 15.9 Å². The fourth-order valence-electron chi connectivity index (χ4n) is 2.91. The summed E-state index contributed by atoms with van der Waals surface area (Å²) in [4.78, 5) is 4.22. The summed E-state index contributed by atoms with van der Waals surface area (Å²) in [5, 5.41) is 3.63. The molecule has 0 amide bonds. The standard InChI is InChI=1S/C14H21BrN2S/c1-10(13-6-7-14(15)18-13)17(12-4-5-12)9-11-3-2-8-16-11/h6-7,10-12,16H,2-5,8-9H2,1H3. The van der Waals surface area contributed by atoms with E-state index in [0.29, 0.717) is 6.04 Å². The molecule has 1 N–H and O–H groups in total. The second-order valence-corrected chi connectivity index (χ2v) is 8.03. The van der Waals surface area contributed by atoms with Gasteiger partial charge in [-0.3, -0.25) is 4.90 Å². The second kappa shape index (κ2) is 5.61. The van der Waals surface area contributed by atoms with E-state index in [4.69, 9.17) is 0 Å². The molecule has 1 saturated heterocycles. The van der Waals surface area contributed by atoms with Gasteiger partial charge in [-0.25, -0.2) is 0 Å². The van der Waals surface area contributed by atoms with E-state index in [1.807, 2.05) is 11.3 Å². The van der Waals surface area contributed by atoms with Crippen molar-refractivity contribution in [2.24, 2.45) is 0 Å². The minimum absolute atomic E-state index is 0.566. The number of halogens is 1. The van der Waals surface area contributed by atoms with Crippen LogP contribution in [0.1, 0.15) is 43.5 Å². The van der Waals surface area contributed by atoms with Crippen LogP contribution in [0.4, 0.5) is 0 Å². The van der Waals surface area contributed by atoms with E-state index in [2.05, 4.69) is 45.2 Å². The van der Waals surface area contributed by atoms with Crippen molar-refractivity contribution in [3.63, 3.8) is 0 Å². The van der Waals surface area contributed by atoms with Crippen molar-refractivity contribution in [1.29, 1.82) is 0 Å². The molecule has 100 valence electrons.